The van der Waals surface area contributed by atoms with Gasteiger partial charge >= 0.3 is 0 Å². The summed E-state index contributed by atoms with van der Waals surface area (Å²) in [6, 6.07) is 9.06. The van der Waals surface area contributed by atoms with Crippen LogP contribution in [0.1, 0.15) is 47.3 Å². The van der Waals surface area contributed by atoms with Crippen molar-refractivity contribution in [3.05, 3.63) is 52.3 Å². The van der Waals surface area contributed by atoms with E-state index in [1.165, 1.54) is 49.0 Å². The quantitative estimate of drug-likeness (QED) is 0.860. The van der Waals surface area contributed by atoms with Crippen LogP contribution in [-0.2, 0) is 19.6 Å². The monoisotopic (exact) mass is 312 g/mol. The van der Waals surface area contributed by atoms with Crippen molar-refractivity contribution in [1.82, 2.24) is 20.4 Å². The lowest BCUT2D eigenvalue weighted by atomic mass is 10.1. The molecule has 4 heteroatoms. The summed E-state index contributed by atoms with van der Waals surface area (Å²) in [4.78, 5) is 2.57. The highest BCUT2D eigenvalue weighted by atomic mass is 15.1. The molecule has 1 aromatic heterocycles. The van der Waals surface area contributed by atoms with E-state index in [9.17, 15) is 0 Å². The third-order valence-electron chi connectivity index (χ3n) is 4.79. The Morgan fingerprint density at radius 1 is 1.00 bits per heavy atom. The van der Waals surface area contributed by atoms with Crippen LogP contribution in [0.4, 0.5) is 0 Å². The van der Waals surface area contributed by atoms with Crippen LogP contribution in [-0.4, -0.2) is 28.2 Å². The molecule has 23 heavy (non-hydrogen) atoms. The molecule has 1 fully saturated rings. The minimum Gasteiger partial charge on any atom is -0.308 e. The Morgan fingerprint density at radius 2 is 1.70 bits per heavy atom. The van der Waals surface area contributed by atoms with Crippen molar-refractivity contribution in [1.29, 1.82) is 0 Å². The van der Waals surface area contributed by atoms with Crippen LogP contribution in [0.15, 0.2) is 24.3 Å². The first-order valence-electron chi connectivity index (χ1n) is 8.74. The third kappa shape index (κ3) is 4.43. The summed E-state index contributed by atoms with van der Waals surface area (Å²) in [7, 11) is 0. The summed E-state index contributed by atoms with van der Waals surface area (Å²) in [6.07, 6.45) is 4.11. The lowest BCUT2D eigenvalue weighted by Gasteiger charge is -2.26. The first kappa shape index (κ1) is 16.2. The van der Waals surface area contributed by atoms with Crippen LogP contribution < -0.4 is 5.32 Å². The number of rotatable bonds is 6. The highest BCUT2D eigenvalue weighted by Crippen LogP contribution is 2.14. The Kier molecular flexibility index (Phi) is 5.47. The minimum absolute atomic E-state index is 0.865. The summed E-state index contributed by atoms with van der Waals surface area (Å²) >= 11 is 0. The molecule has 0 spiro atoms. The fourth-order valence-corrected chi connectivity index (χ4v) is 3.30. The molecular formula is C19H28N4. The molecule has 0 amide bonds. The summed E-state index contributed by atoms with van der Waals surface area (Å²) in [6.45, 7) is 9.50. The van der Waals surface area contributed by atoms with E-state index < -0.39 is 0 Å². The van der Waals surface area contributed by atoms with E-state index in [2.05, 4.69) is 58.5 Å². The van der Waals surface area contributed by atoms with Crippen LogP contribution >= 0.6 is 0 Å². The van der Waals surface area contributed by atoms with Crippen LogP contribution in [0.2, 0.25) is 0 Å². The van der Waals surface area contributed by atoms with Gasteiger partial charge in [-0.3, -0.25) is 10.00 Å². The van der Waals surface area contributed by atoms with E-state index in [0.717, 1.165) is 31.0 Å². The first-order valence-corrected chi connectivity index (χ1v) is 8.74. The molecule has 2 aromatic rings. The highest BCUT2D eigenvalue weighted by Gasteiger charge is 2.10. The zero-order valence-electron chi connectivity index (χ0n) is 14.4. The maximum atomic E-state index is 4.24. The number of aryl methyl sites for hydroxylation is 2. The van der Waals surface area contributed by atoms with Crippen molar-refractivity contribution >= 4 is 0 Å². The Bertz CT molecular complexity index is 589. The molecule has 0 atom stereocenters. The number of benzene rings is 1. The van der Waals surface area contributed by atoms with Gasteiger partial charge in [0.05, 0.1) is 5.69 Å². The third-order valence-corrected chi connectivity index (χ3v) is 4.79. The molecule has 4 nitrogen and oxygen atoms in total. The van der Waals surface area contributed by atoms with E-state index in [-0.39, 0.29) is 0 Å². The predicted molar refractivity (Wildman–Crippen MR) is 94.2 cm³/mol. The molecule has 2 N–H and O–H groups in total. The van der Waals surface area contributed by atoms with Gasteiger partial charge in [-0.15, -0.1) is 0 Å². The number of aromatic nitrogens is 2. The predicted octanol–water partition coefficient (Wildman–Crippen LogP) is 3.30. The first-order chi connectivity index (χ1) is 11.2. The molecule has 1 aromatic carbocycles. The van der Waals surface area contributed by atoms with Crippen molar-refractivity contribution in [3.8, 4) is 0 Å². The van der Waals surface area contributed by atoms with Crippen LogP contribution in [0.5, 0.6) is 0 Å². The van der Waals surface area contributed by atoms with Gasteiger partial charge in [-0.1, -0.05) is 30.7 Å². The maximum Gasteiger partial charge on any atom is 0.0638 e. The molecule has 0 aliphatic carbocycles. The maximum absolute atomic E-state index is 4.24. The highest BCUT2D eigenvalue weighted by molar-refractivity contribution is 5.24. The SMILES string of the molecule is Cc1n[nH]c(C)c1CNCc1ccc(CN2CCCCC2)cc1. The number of piperidine rings is 1. The minimum atomic E-state index is 0.865. The van der Waals surface area contributed by atoms with Gasteiger partial charge in [-0.25, -0.2) is 0 Å². The van der Waals surface area contributed by atoms with Crippen molar-refractivity contribution in [2.24, 2.45) is 0 Å². The van der Waals surface area contributed by atoms with Gasteiger partial charge < -0.3 is 5.32 Å². The summed E-state index contributed by atoms with van der Waals surface area (Å²) < 4.78 is 0. The average Bonchev–Trinajstić information content (AvgIpc) is 2.89. The number of nitrogens with one attached hydrogen (secondary N) is 2. The van der Waals surface area contributed by atoms with Crippen molar-refractivity contribution < 1.29 is 0 Å². The van der Waals surface area contributed by atoms with E-state index in [1.54, 1.807) is 0 Å². The molecule has 124 valence electrons. The molecule has 0 saturated carbocycles. The molecule has 0 unspecified atom stereocenters. The van der Waals surface area contributed by atoms with Crippen LogP contribution in [0.25, 0.3) is 0 Å². The average molecular weight is 312 g/mol. The lowest BCUT2D eigenvalue weighted by Crippen LogP contribution is -2.29. The number of nitrogens with zero attached hydrogens (tertiary/aromatic N) is 2. The molecule has 0 bridgehead atoms. The van der Waals surface area contributed by atoms with Gasteiger partial charge in [0, 0.05) is 30.9 Å². The van der Waals surface area contributed by atoms with E-state index >= 15 is 0 Å². The van der Waals surface area contributed by atoms with Crippen molar-refractivity contribution in [2.75, 3.05) is 13.1 Å². The molecular weight excluding hydrogens is 284 g/mol. The fourth-order valence-electron chi connectivity index (χ4n) is 3.30. The topological polar surface area (TPSA) is 44.0 Å². The second-order valence-corrected chi connectivity index (χ2v) is 6.67. The molecule has 2 heterocycles. The molecule has 3 rings (SSSR count). The Labute approximate surface area is 139 Å². The van der Waals surface area contributed by atoms with E-state index in [4.69, 9.17) is 0 Å². The number of hydrogen-bond acceptors (Lipinski definition) is 3. The smallest absolute Gasteiger partial charge is 0.0638 e. The van der Waals surface area contributed by atoms with Crippen molar-refractivity contribution in [2.45, 2.75) is 52.7 Å². The summed E-state index contributed by atoms with van der Waals surface area (Å²) in [5.41, 5.74) is 6.30. The largest absolute Gasteiger partial charge is 0.308 e. The standard InChI is InChI=1S/C19H28N4/c1-15-19(16(2)22-21-15)13-20-12-17-6-8-18(9-7-17)14-23-10-4-3-5-11-23/h6-9,20H,3-5,10-14H2,1-2H3,(H,21,22). The molecule has 1 aliphatic rings. The number of likely N-dealkylation sites (tertiary alicyclic amines) is 1. The molecule has 0 radical (unpaired) electrons. The second-order valence-electron chi connectivity index (χ2n) is 6.67. The number of H-pyrrole nitrogens is 1. The summed E-state index contributed by atoms with van der Waals surface area (Å²) in [5, 5.41) is 10.8. The Morgan fingerprint density at radius 3 is 2.35 bits per heavy atom. The van der Waals surface area contributed by atoms with Gasteiger partial charge in [0.15, 0.2) is 0 Å². The van der Waals surface area contributed by atoms with Gasteiger partial charge in [0.1, 0.15) is 0 Å². The molecule has 1 aliphatic heterocycles. The number of aromatic amines is 1. The second kappa shape index (κ2) is 7.75. The van der Waals surface area contributed by atoms with E-state index in [0.29, 0.717) is 0 Å². The van der Waals surface area contributed by atoms with Gasteiger partial charge in [-0.2, -0.15) is 5.10 Å². The normalized spacial score (nSPS) is 15.9. The van der Waals surface area contributed by atoms with Gasteiger partial charge in [-0.05, 0) is 50.9 Å². The van der Waals surface area contributed by atoms with Crippen molar-refractivity contribution in [3.63, 3.8) is 0 Å². The van der Waals surface area contributed by atoms with Crippen LogP contribution in [0.3, 0.4) is 0 Å². The van der Waals surface area contributed by atoms with Crippen LogP contribution in [0, 0.1) is 13.8 Å². The fraction of sp³-hybridized carbons (Fsp3) is 0.526. The zero-order chi connectivity index (χ0) is 16.1. The van der Waals surface area contributed by atoms with E-state index in [1.807, 2.05) is 0 Å². The lowest BCUT2D eigenvalue weighted by molar-refractivity contribution is 0.221. The summed E-state index contributed by atoms with van der Waals surface area (Å²) in [5.74, 6) is 0. The van der Waals surface area contributed by atoms with Gasteiger partial charge in [0.2, 0.25) is 0 Å². The Balaban J connectivity index is 1.47. The Hall–Kier alpha value is -1.65. The number of hydrogen-bond donors (Lipinski definition) is 2. The molecule has 1 saturated heterocycles. The van der Waals surface area contributed by atoms with Gasteiger partial charge in [0.25, 0.3) is 0 Å². The zero-order valence-corrected chi connectivity index (χ0v) is 14.4.